The van der Waals surface area contributed by atoms with Gasteiger partial charge in [-0.2, -0.15) is 0 Å². The molecule has 1 aliphatic rings. The van der Waals surface area contributed by atoms with Crippen LogP contribution in [0.3, 0.4) is 0 Å². The Labute approximate surface area is 118 Å². The van der Waals surface area contributed by atoms with Crippen LogP contribution >= 0.6 is 0 Å². The number of anilines is 1. The molecule has 0 amide bonds. The molecular weight excluding hydrogens is 258 g/mol. The molecular formula is C14H21N3O3. The molecule has 110 valence electrons. The summed E-state index contributed by atoms with van der Waals surface area (Å²) in [5, 5.41) is 23.4. The number of benzene rings is 1. The second-order valence-corrected chi connectivity index (χ2v) is 5.19. The predicted molar refractivity (Wildman–Crippen MR) is 78.2 cm³/mol. The molecule has 20 heavy (non-hydrogen) atoms. The summed E-state index contributed by atoms with van der Waals surface area (Å²) < 4.78 is 0. The number of hydrogen-bond donors (Lipinski definition) is 2. The normalized spacial score (nSPS) is 18.2. The minimum Gasteiger partial charge on any atom is -0.395 e. The molecule has 1 atom stereocenters. The summed E-state index contributed by atoms with van der Waals surface area (Å²) in [6, 6.07) is 5.31. The summed E-state index contributed by atoms with van der Waals surface area (Å²) in [5.41, 5.74) is 1.93. The zero-order chi connectivity index (χ0) is 14.5. The highest BCUT2D eigenvalue weighted by atomic mass is 16.6. The standard InChI is InChI=1S/C14H21N3O3/c1-11-9-13(17(19)20)4-5-14(11)16(7-8-18)10-12-3-2-6-15-12/h4-5,9,12,15,18H,2-3,6-8,10H2,1H3. The van der Waals surface area contributed by atoms with E-state index in [1.54, 1.807) is 12.1 Å². The summed E-state index contributed by atoms with van der Waals surface area (Å²) in [4.78, 5) is 12.5. The Kier molecular flexibility index (Phi) is 4.92. The first-order chi connectivity index (χ1) is 9.61. The number of aryl methyl sites for hydroxylation is 1. The number of aliphatic hydroxyl groups excluding tert-OH is 1. The lowest BCUT2D eigenvalue weighted by Gasteiger charge is -2.28. The third-order valence-corrected chi connectivity index (χ3v) is 3.70. The van der Waals surface area contributed by atoms with Crippen molar-refractivity contribution in [3.63, 3.8) is 0 Å². The van der Waals surface area contributed by atoms with E-state index in [2.05, 4.69) is 10.2 Å². The molecule has 0 bridgehead atoms. The van der Waals surface area contributed by atoms with Gasteiger partial charge in [0.25, 0.3) is 5.69 Å². The van der Waals surface area contributed by atoms with Gasteiger partial charge in [-0.3, -0.25) is 10.1 Å². The van der Waals surface area contributed by atoms with Gasteiger partial charge in [0.2, 0.25) is 0 Å². The van der Waals surface area contributed by atoms with Crippen LogP contribution in [0, 0.1) is 17.0 Å². The number of nitrogens with zero attached hydrogens (tertiary/aromatic N) is 2. The fourth-order valence-electron chi connectivity index (χ4n) is 2.72. The van der Waals surface area contributed by atoms with Crippen molar-refractivity contribution in [2.75, 3.05) is 31.1 Å². The van der Waals surface area contributed by atoms with Crippen LogP contribution in [-0.4, -0.2) is 42.3 Å². The molecule has 1 fully saturated rings. The van der Waals surface area contributed by atoms with E-state index < -0.39 is 0 Å². The molecule has 6 nitrogen and oxygen atoms in total. The lowest BCUT2D eigenvalue weighted by molar-refractivity contribution is -0.384. The van der Waals surface area contributed by atoms with Crippen molar-refractivity contribution in [3.8, 4) is 0 Å². The molecule has 0 spiro atoms. The van der Waals surface area contributed by atoms with Crippen molar-refractivity contribution in [1.82, 2.24) is 5.32 Å². The van der Waals surface area contributed by atoms with Gasteiger partial charge in [0, 0.05) is 37.0 Å². The number of aliphatic hydroxyl groups is 1. The number of hydrogen-bond acceptors (Lipinski definition) is 5. The average Bonchev–Trinajstić information content (AvgIpc) is 2.91. The van der Waals surface area contributed by atoms with Gasteiger partial charge >= 0.3 is 0 Å². The molecule has 6 heteroatoms. The van der Waals surface area contributed by atoms with E-state index >= 15 is 0 Å². The topological polar surface area (TPSA) is 78.6 Å². The van der Waals surface area contributed by atoms with Gasteiger partial charge in [0.15, 0.2) is 0 Å². The van der Waals surface area contributed by atoms with Crippen LogP contribution < -0.4 is 10.2 Å². The first-order valence-electron chi connectivity index (χ1n) is 6.96. The highest BCUT2D eigenvalue weighted by Gasteiger charge is 2.20. The van der Waals surface area contributed by atoms with E-state index in [4.69, 9.17) is 0 Å². The Hall–Kier alpha value is -1.66. The van der Waals surface area contributed by atoms with Gasteiger partial charge in [-0.25, -0.2) is 0 Å². The third-order valence-electron chi connectivity index (χ3n) is 3.70. The van der Waals surface area contributed by atoms with Gasteiger partial charge in [-0.05, 0) is 37.9 Å². The number of nitro benzene ring substituents is 1. The number of nitrogens with one attached hydrogen (secondary N) is 1. The van der Waals surface area contributed by atoms with Crippen LogP contribution in [-0.2, 0) is 0 Å². The molecule has 1 unspecified atom stereocenters. The van der Waals surface area contributed by atoms with Crippen molar-refractivity contribution in [3.05, 3.63) is 33.9 Å². The van der Waals surface area contributed by atoms with Crippen molar-refractivity contribution in [2.45, 2.75) is 25.8 Å². The Balaban J connectivity index is 2.17. The molecule has 1 aromatic rings. The first-order valence-corrected chi connectivity index (χ1v) is 6.96. The Morgan fingerprint density at radius 2 is 2.35 bits per heavy atom. The van der Waals surface area contributed by atoms with Gasteiger partial charge in [0.05, 0.1) is 11.5 Å². The predicted octanol–water partition coefficient (Wildman–Crippen LogP) is 1.45. The quantitative estimate of drug-likeness (QED) is 0.609. The summed E-state index contributed by atoms with van der Waals surface area (Å²) in [6.45, 7) is 4.34. The summed E-state index contributed by atoms with van der Waals surface area (Å²) in [5.74, 6) is 0. The lowest BCUT2D eigenvalue weighted by Crippen LogP contribution is -2.39. The smallest absolute Gasteiger partial charge is 0.269 e. The number of rotatable bonds is 6. The zero-order valence-electron chi connectivity index (χ0n) is 11.7. The van der Waals surface area contributed by atoms with Gasteiger partial charge in [-0.1, -0.05) is 0 Å². The average molecular weight is 279 g/mol. The second kappa shape index (κ2) is 6.67. The molecule has 0 aliphatic carbocycles. The molecule has 0 saturated carbocycles. The largest absolute Gasteiger partial charge is 0.395 e. The third kappa shape index (κ3) is 3.46. The summed E-state index contributed by atoms with van der Waals surface area (Å²) >= 11 is 0. The Bertz CT molecular complexity index is 473. The molecule has 0 aromatic heterocycles. The molecule has 1 aliphatic heterocycles. The minimum absolute atomic E-state index is 0.0726. The summed E-state index contributed by atoms with van der Waals surface area (Å²) in [7, 11) is 0. The van der Waals surface area contributed by atoms with Gasteiger partial charge in [-0.15, -0.1) is 0 Å². The van der Waals surface area contributed by atoms with Crippen molar-refractivity contribution >= 4 is 11.4 Å². The van der Waals surface area contributed by atoms with Crippen LogP contribution in [0.4, 0.5) is 11.4 Å². The molecule has 2 rings (SSSR count). The molecule has 0 radical (unpaired) electrons. The Morgan fingerprint density at radius 3 is 2.90 bits per heavy atom. The maximum Gasteiger partial charge on any atom is 0.269 e. The fourth-order valence-corrected chi connectivity index (χ4v) is 2.72. The van der Waals surface area contributed by atoms with E-state index in [0.29, 0.717) is 12.6 Å². The van der Waals surface area contributed by atoms with E-state index in [1.165, 1.54) is 12.5 Å². The molecule has 2 N–H and O–H groups in total. The minimum atomic E-state index is -0.383. The number of nitro groups is 1. The van der Waals surface area contributed by atoms with E-state index in [-0.39, 0.29) is 17.2 Å². The molecule has 1 saturated heterocycles. The van der Waals surface area contributed by atoms with Crippen LogP contribution in [0.1, 0.15) is 18.4 Å². The van der Waals surface area contributed by atoms with E-state index in [0.717, 1.165) is 30.8 Å². The molecule has 1 heterocycles. The van der Waals surface area contributed by atoms with Gasteiger partial charge in [0.1, 0.15) is 0 Å². The molecule has 1 aromatic carbocycles. The van der Waals surface area contributed by atoms with E-state index in [1.807, 2.05) is 6.92 Å². The second-order valence-electron chi connectivity index (χ2n) is 5.19. The number of non-ortho nitro benzene ring substituents is 1. The highest BCUT2D eigenvalue weighted by Crippen LogP contribution is 2.25. The van der Waals surface area contributed by atoms with Gasteiger partial charge < -0.3 is 15.3 Å². The van der Waals surface area contributed by atoms with Crippen LogP contribution in [0.5, 0.6) is 0 Å². The SMILES string of the molecule is Cc1cc([N+](=O)[O-])ccc1N(CCO)CC1CCCN1. The van der Waals surface area contributed by atoms with Crippen molar-refractivity contribution < 1.29 is 10.0 Å². The Morgan fingerprint density at radius 1 is 1.55 bits per heavy atom. The van der Waals surface area contributed by atoms with Crippen LogP contribution in [0.15, 0.2) is 18.2 Å². The van der Waals surface area contributed by atoms with Crippen molar-refractivity contribution in [1.29, 1.82) is 0 Å². The maximum atomic E-state index is 10.8. The van der Waals surface area contributed by atoms with Crippen LogP contribution in [0.25, 0.3) is 0 Å². The zero-order valence-corrected chi connectivity index (χ0v) is 11.7. The first kappa shape index (κ1) is 14.7. The maximum absolute atomic E-state index is 10.8. The van der Waals surface area contributed by atoms with E-state index in [9.17, 15) is 15.2 Å². The fraction of sp³-hybridized carbons (Fsp3) is 0.571. The lowest BCUT2D eigenvalue weighted by atomic mass is 10.1. The van der Waals surface area contributed by atoms with Crippen molar-refractivity contribution in [2.24, 2.45) is 0 Å². The highest BCUT2D eigenvalue weighted by molar-refractivity contribution is 5.57. The monoisotopic (exact) mass is 279 g/mol. The summed E-state index contributed by atoms with van der Waals surface area (Å²) in [6.07, 6.45) is 2.31. The van der Waals surface area contributed by atoms with Crippen LogP contribution in [0.2, 0.25) is 0 Å².